The number of amides is 2. The van der Waals surface area contributed by atoms with Gasteiger partial charge in [0.2, 0.25) is 5.91 Å². The molecule has 33 heavy (non-hydrogen) atoms. The predicted molar refractivity (Wildman–Crippen MR) is 127 cm³/mol. The van der Waals surface area contributed by atoms with E-state index in [4.69, 9.17) is 4.74 Å². The third-order valence-electron chi connectivity index (χ3n) is 5.30. The Morgan fingerprint density at radius 1 is 0.727 bits per heavy atom. The monoisotopic (exact) mass is 444 g/mol. The fourth-order valence-electron chi connectivity index (χ4n) is 3.46. The van der Waals surface area contributed by atoms with E-state index in [9.17, 15) is 14.4 Å². The number of methoxy groups -OCH3 is 1. The minimum Gasteiger partial charge on any atom is -0.467 e. The van der Waals surface area contributed by atoms with Gasteiger partial charge in [-0.1, -0.05) is 78.4 Å². The number of ether oxygens (including phenoxy) is 1. The van der Waals surface area contributed by atoms with Crippen LogP contribution in [0.1, 0.15) is 27.0 Å². The summed E-state index contributed by atoms with van der Waals surface area (Å²) in [6.45, 7) is 1.94. The topological polar surface area (TPSA) is 84.5 Å². The Kier molecular flexibility index (Phi) is 8.36. The summed E-state index contributed by atoms with van der Waals surface area (Å²) >= 11 is 0. The standard InChI is InChI=1S/C27H28N2O4/c1-19-13-15-22(16-14-19)25(30)28-23(17-20-9-5-3-6-10-20)26(31)29-24(27(32)33-2)18-21-11-7-4-8-12-21/h3-16,23-24H,17-18H2,1-2H3,(H,28,30)(H,29,31)/t23-,24+/m1/s1. The molecule has 3 aromatic rings. The minimum atomic E-state index is -0.876. The number of nitrogens with one attached hydrogen (secondary N) is 2. The van der Waals surface area contributed by atoms with Crippen molar-refractivity contribution < 1.29 is 19.1 Å². The highest BCUT2D eigenvalue weighted by atomic mass is 16.5. The van der Waals surface area contributed by atoms with Crippen molar-refractivity contribution in [1.82, 2.24) is 10.6 Å². The molecule has 0 aliphatic heterocycles. The van der Waals surface area contributed by atoms with Gasteiger partial charge in [-0.15, -0.1) is 0 Å². The van der Waals surface area contributed by atoms with Crippen LogP contribution < -0.4 is 10.6 Å². The molecule has 0 spiro atoms. The summed E-state index contributed by atoms with van der Waals surface area (Å²) in [5.74, 6) is -1.36. The van der Waals surface area contributed by atoms with E-state index in [0.717, 1.165) is 16.7 Å². The van der Waals surface area contributed by atoms with Crippen molar-refractivity contribution in [2.45, 2.75) is 31.8 Å². The largest absolute Gasteiger partial charge is 0.467 e. The molecular formula is C27H28N2O4. The summed E-state index contributed by atoms with van der Waals surface area (Å²) in [6.07, 6.45) is 0.562. The van der Waals surface area contributed by atoms with Crippen molar-refractivity contribution in [3.8, 4) is 0 Å². The van der Waals surface area contributed by atoms with Crippen LogP contribution in [0.15, 0.2) is 84.9 Å². The Labute approximate surface area is 194 Å². The minimum absolute atomic E-state index is 0.281. The highest BCUT2D eigenvalue weighted by Gasteiger charge is 2.28. The highest BCUT2D eigenvalue weighted by Crippen LogP contribution is 2.09. The van der Waals surface area contributed by atoms with Gasteiger partial charge in [0.25, 0.3) is 5.91 Å². The predicted octanol–water partition coefficient (Wildman–Crippen LogP) is 3.24. The first-order chi connectivity index (χ1) is 16.0. The van der Waals surface area contributed by atoms with Crippen LogP contribution in [0.4, 0.5) is 0 Å². The van der Waals surface area contributed by atoms with Gasteiger partial charge in [-0.3, -0.25) is 9.59 Å². The maximum atomic E-state index is 13.3. The molecule has 2 N–H and O–H groups in total. The van der Waals surface area contributed by atoms with Crippen LogP contribution in [0, 0.1) is 6.92 Å². The Morgan fingerprint density at radius 3 is 1.76 bits per heavy atom. The lowest BCUT2D eigenvalue weighted by Crippen LogP contribution is -2.53. The summed E-state index contributed by atoms with van der Waals surface area (Å²) < 4.78 is 4.90. The van der Waals surface area contributed by atoms with Crippen LogP contribution in [-0.2, 0) is 27.2 Å². The Hall–Kier alpha value is -3.93. The zero-order valence-electron chi connectivity index (χ0n) is 18.8. The molecule has 0 aliphatic rings. The van der Waals surface area contributed by atoms with E-state index >= 15 is 0 Å². The molecule has 6 heteroatoms. The van der Waals surface area contributed by atoms with E-state index in [1.807, 2.05) is 79.7 Å². The lowest BCUT2D eigenvalue weighted by atomic mass is 10.0. The van der Waals surface area contributed by atoms with Crippen molar-refractivity contribution >= 4 is 17.8 Å². The molecule has 3 aromatic carbocycles. The van der Waals surface area contributed by atoms with Gasteiger partial charge in [-0.25, -0.2) is 4.79 Å². The van der Waals surface area contributed by atoms with Gasteiger partial charge >= 0.3 is 5.97 Å². The maximum absolute atomic E-state index is 13.3. The highest BCUT2D eigenvalue weighted by molar-refractivity contribution is 5.98. The van der Waals surface area contributed by atoms with Gasteiger partial charge in [-0.05, 0) is 30.2 Å². The van der Waals surface area contributed by atoms with Crippen molar-refractivity contribution in [2.24, 2.45) is 0 Å². The molecule has 0 radical (unpaired) electrons. The number of carbonyl (C=O) groups is 3. The lowest BCUT2D eigenvalue weighted by molar-refractivity contribution is -0.145. The Balaban J connectivity index is 1.79. The molecule has 170 valence electrons. The summed E-state index contributed by atoms with van der Waals surface area (Å²) in [5.41, 5.74) is 3.27. The van der Waals surface area contributed by atoms with Gasteiger partial charge in [0.05, 0.1) is 7.11 Å². The molecule has 0 heterocycles. The number of aryl methyl sites for hydroxylation is 1. The van der Waals surface area contributed by atoms with Crippen LogP contribution in [0.5, 0.6) is 0 Å². The number of esters is 1. The maximum Gasteiger partial charge on any atom is 0.328 e. The van der Waals surface area contributed by atoms with Gasteiger partial charge < -0.3 is 15.4 Å². The fourth-order valence-corrected chi connectivity index (χ4v) is 3.46. The molecule has 2 amide bonds. The normalized spacial score (nSPS) is 12.3. The summed E-state index contributed by atoms with van der Waals surface area (Å²) in [5, 5.41) is 5.60. The number of hydrogen-bond acceptors (Lipinski definition) is 4. The molecule has 0 saturated carbocycles. The van der Waals surface area contributed by atoms with Crippen LogP contribution in [0.25, 0.3) is 0 Å². The van der Waals surface area contributed by atoms with E-state index in [1.165, 1.54) is 7.11 Å². The number of rotatable bonds is 9. The third-order valence-corrected chi connectivity index (χ3v) is 5.30. The first kappa shape index (κ1) is 23.7. The molecule has 6 nitrogen and oxygen atoms in total. The zero-order valence-corrected chi connectivity index (χ0v) is 18.8. The van der Waals surface area contributed by atoms with Crippen LogP contribution in [0.3, 0.4) is 0 Å². The molecule has 0 unspecified atom stereocenters. The molecule has 0 aromatic heterocycles. The SMILES string of the molecule is COC(=O)[C@H](Cc1ccccc1)NC(=O)[C@@H](Cc1ccccc1)NC(=O)c1ccc(C)cc1. The average Bonchev–Trinajstić information content (AvgIpc) is 2.84. The molecular weight excluding hydrogens is 416 g/mol. The summed E-state index contributed by atoms with van der Waals surface area (Å²) in [4.78, 5) is 38.5. The van der Waals surface area contributed by atoms with E-state index in [0.29, 0.717) is 5.56 Å². The molecule has 0 aliphatic carbocycles. The average molecular weight is 445 g/mol. The van der Waals surface area contributed by atoms with Crippen molar-refractivity contribution in [3.63, 3.8) is 0 Å². The Morgan fingerprint density at radius 2 is 1.24 bits per heavy atom. The van der Waals surface area contributed by atoms with Crippen molar-refractivity contribution in [3.05, 3.63) is 107 Å². The number of benzene rings is 3. The van der Waals surface area contributed by atoms with Crippen molar-refractivity contribution in [2.75, 3.05) is 7.11 Å². The van der Waals surface area contributed by atoms with E-state index in [2.05, 4.69) is 10.6 Å². The second-order valence-corrected chi connectivity index (χ2v) is 7.86. The van der Waals surface area contributed by atoms with Crippen LogP contribution in [-0.4, -0.2) is 37.0 Å². The molecule has 0 fully saturated rings. The number of hydrogen-bond donors (Lipinski definition) is 2. The van der Waals surface area contributed by atoms with Crippen LogP contribution >= 0.6 is 0 Å². The quantitative estimate of drug-likeness (QED) is 0.497. The first-order valence-electron chi connectivity index (χ1n) is 10.8. The molecule has 3 rings (SSSR count). The van der Waals surface area contributed by atoms with Crippen LogP contribution in [0.2, 0.25) is 0 Å². The van der Waals surface area contributed by atoms with E-state index < -0.39 is 24.0 Å². The third kappa shape index (κ3) is 7.04. The molecule has 0 saturated heterocycles. The van der Waals surface area contributed by atoms with Gasteiger partial charge in [0, 0.05) is 18.4 Å². The van der Waals surface area contributed by atoms with Gasteiger partial charge in [0.1, 0.15) is 12.1 Å². The van der Waals surface area contributed by atoms with E-state index in [1.54, 1.807) is 12.1 Å². The lowest BCUT2D eigenvalue weighted by Gasteiger charge is -2.22. The molecule has 2 atom stereocenters. The van der Waals surface area contributed by atoms with E-state index in [-0.39, 0.29) is 18.7 Å². The second-order valence-electron chi connectivity index (χ2n) is 7.86. The number of carbonyl (C=O) groups excluding carboxylic acids is 3. The zero-order chi connectivity index (χ0) is 23.6. The summed E-state index contributed by atoms with van der Waals surface area (Å²) in [7, 11) is 1.28. The van der Waals surface area contributed by atoms with Gasteiger partial charge in [0.15, 0.2) is 0 Å². The van der Waals surface area contributed by atoms with Gasteiger partial charge in [-0.2, -0.15) is 0 Å². The Bertz CT molecular complexity index is 1070. The smallest absolute Gasteiger partial charge is 0.328 e. The fraction of sp³-hybridized carbons (Fsp3) is 0.222. The summed E-state index contributed by atoms with van der Waals surface area (Å²) in [6, 6.07) is 24.2. The second kappa shape index (κ2) is 11.6. The first-order valence-corrected chi connectivity index (χ1v) is 10.8. The molecule has 0 bridgehead atoms. The van der Waals surface area contributed by atoms with Crippen molar-refractivity contribution in [1.29, 1.82) is 0 Å².